The lowest BCUT2D eigenvalue weighted by Gasteiger charge is -2.03. The van der Waals surface area contributed by atoms with E-state index in [4.69, 9.17) is 22.8 Å². The van der Waals surface area contributed by atoms with Crippen LogP contribution in [0.2, 0.25) is 5.02 Å². The van der Waals surface area contributed by atoms with Gasteiger partial charge in [0.1, 0.15) is 5.75 Å². The van der Waals surface area contributed by atoms with Crippen molar-refractivity contribution in [3.8, 4) is 18.1 Å². The van der Waals surface area contributed by atoms with Crippen molar-refractivity contribution in [2.45, 2.75) is 19.9 Å². The van der Waals surface area contributed by atoms with Crippen molar-refractivity contribution in [3.05, 3.63) is 57.9 Å². The molecule has 0 bridgehead atoms. The fourth-order valence-electron chi connectivity index (χ4n) is 2.56. The summed E-state index contributed by atoms with van der Waals surface area (Å²) in [5.41, 5.74) is 1.81. The zero-order chi connectivity index (χ0) is 18.5. The van der Waals surface area contributed by atoms with Crippen LogP contribution in [0.3, 0.4) is 0 Å². The standard InChI is InChI=1S/C20H17ClN2O2S/c1-3-11-23-17-10-9-16(25-4-2)13-18(17)26-20(23)22-19(24)12-14-5-7-15(21)8-6-14/h1,5-10,13H,4,11-12H2,2H3. The van der Waals surface area contributed by atoms with Gasteiger partial charge < -0.3 is 9.30 Å². The molecule has 6 heteroatoms. The summed E-state index contributed by atoms with van der Waals surface area (Å²) >= 11 is 7.30. The summed E-state index contributed by atoms with van der Waals surface area (Å²) in [5.74, 6) is 3.18. The zero-order valence-corrected chi connectivity index (χ0v) is 15.8. The Hall–Kier alpha value is -2.55. The topological polar surface area (TPSA) is 43.6 Å². The molecular formula is C20H17ClN2O2S. The number of hydrogen-bond donors (Lipinski definition) is 0. The average molecular weight is 385 g/mol. The molecule has 0 spiro atoms. The number of benzene rings is 2. The fourth-order valence-corrected chi connectivity index (χ4v) is 3.76. The maximum atomic E-state index is 12.4. The molecule has 3 aromatic rings. The van der Waals surface area contributed by atoms with Gasteiger partial charge in [-0.2, -0.15) is 4.99 Å². The summed E-state index contributed by atoms with van der Waals surface area (Å²) in [5, 5.41) is 0.639. The predicted molar refractivity (Wildman–Crippen MR) is 106 cm³/mol. The number of amides is 1. The number of fused-ring (bicyclic) bond motifs is 1. The van der Waals surface area contributed by atoms with Gasteiger partial charge in [-0.25, -0.2) is 0 Å². The van der Waals surface area contributed by atoms with E-state index in [1.165, 1.54) is 11.3 Å². The maximum absolute atomic E-state index is 12.4. The van der Waals surface area contributed by atoms with E-state index < -0.39 is 0 Å². The highest BCUT2D eigenvalue weighted by atomic mass is 35.5. The minimum atomic E-state index is -0.227. The van der Waals surface area contributed by atoms with Crippen LogP contribution in [-0.4, -0.2) is 17.1 Å². The van der Waals surface area contributed by atoms with Crippen LogP contribution >= 0.6 is 22.9 Å². The number of thiazole rings is 1. The third-order valence-corrected chi connectivity index (χ3v) is 5.00. The van der Waals surface area contributed by atoms with E-state index in [1.807, 2.05) is 41.8 Å². The van der Waals surface area contributed by atoms with Crippen LogP contribution in [0.1, 0.15) is 12.5 Å². The number of aromatic nitrogens is 1. The second kappa shape index (κ2) is 8.22. The molecule has 0 unspecified atom stereocenters. The Morgan fingerprint density at radius 3 is 2.77 bits per heavy atom. The molecule has 1 aromatic heterocycles. The molecule has 0 radical (unpaired) electrons. The van der Waals surface area contributed by atoms with Gasteiger partial charge in [0.25, 0.3) is 5.91 Å². The molecule has 0 atom stereocenters. The Labute approximate surface area is 160 Å². The molecule has 2 aromatic carbocycles. The first kappa shape index (κ1) is 18.2. The van der Waals surface area contributed by atoms with Crippen molar-refractivity contribution in [2.75, 3.05) is 6.61 Å². The number of carbonyl (C=O) groups excluding carboxylic acids is 1. The molecule has 0 aliphatic rings. The van der Waals surface area contributed by atoms with Crippen LogP contribution in [0.5, 0.6) is 5.75 Å². The van der Waals surface area contributed by atoms with Crippen LogP contribution in [-0.2, 0) is 17.8 Å². The highest BCUT2D eigenvalue weighted by molar-refractivity contribution is 7.16. The number of terminal acetylenes is 1. The molecule has 0 aliphatic heterocycles. The van der Waals surface area contributed by atoms with Gasteiger partial charge in [0.15, 0.2) is 4.80 Å². The molecule has 0 saturated carbocycles. The van der Waals surface area contributed by atoms with Crippen LogP contribution in [0.15, 0.2) is 47.5 Å². The third-order valence-electron chi connectivity index (χ3n) is 3.70. The zero-order valence-electron chi connectivity index (χ0n) is 14.2. The highest BCUT2D eigenvalue weighted by Crippen LogP contribution is 2.23. The van der Waals surface area contributed by atoms with Gasteiger partial charge in [-0.1, -0.05) is 41.0 Å². The number of rotatable bonds is 5. The van der Waals surface area contributed by atoms with E-state index >= 15 is 0 Å². The van der Waals surface area contributed by atoms with Crippen LogP contribution in [0, 0.1) is 12.3 Å². The van der Waals surface area contributed by atoms with E-state index in [0.717, 1.165) is 21.5 Å². The number of hydrogen-bond acceptors (Lipinski definition) is 3. The van der Waals surface area contributed by atoms with Gasteiger partial charge in [0.2, 0.25) is 0 Å². The van der Waals surface area contributed by atoms with Crippen LogP contribution in [0.25, 0.3) is 10.2 Å². The molecule has 0 N–H and O–H groups in total. The Bertz CT molecular complexity index is 1040. The van der Waals surface area contributed by atoms with Crippen molar-refractivity contribution >= 4 is 39.1 Å². The van der Waals surface area contributed by atoms with E-state index in [0.29, 0.717) is 23.0 Å². The number of halogens is 1. The molecular weight excluding hydrogens is 368 g/mol. The highest BCUT2D eigenvalue weighted by Gasteiger charge is 2.09. The first-order valence-electron chi connectivity index (χ1n) is 8.12. The summed E-state index contributed by atoms with van der Waals surface area (Å²) in [4.78, 5) is 17.3. The molecule has 0 aliphatic carbocycles. The largest absolute Gasteiger partial charge is 0.494 e. The van der Waals surface area contributed by atoms with Crippen molar-refractivity contribution in [1.29, 1.82) is 0 Å². The quantitative estimate of drug-likeness (QED) is 0.622. The third kappa shape index (κ3) is 4.16. The lowest BCUT2D eigenvalue weighted by atomic mass is 10.1. The fraction of sp³-hybridized carbons (Fsp3) is 0.200. The van der Waals surface area contributed by atoms with Crippen molar-refractivity contribution in [1.82, 2.24) is 4.57 Å². The van der Waals surface area contributed by atoms with Gasteiger partial charge in [-0.3, -0.25) is 4.79 Å². The Kier molecular flexibility index (Phi) is 5.77. The summed E-state index contributed by atoms with van der Waals surface area (Å²) in [6, 6.07) is 12.9. The second-order valence-electron chi connectivity index (χ2n) is 5.55. The molecule has 1 amide bonds. The van der Waals surface area contributed by atoms with Gasteiger partial charge in [0, 0.05) is 5.02 Å². The summed E-state index contributed by atoms with van der Waals surface area (Å²) in [6.07, 6.45) is 5.71. The first-order chi connectivity index (χ1) is 12.6. The predicted octanol–water partition coefficient (Wildman–Crippen LogP) is 4.06. The maximum Gasteiger partial charge on any atom is 0.252 e. The van der Waals surface area contributed by atoms with E-state index in [9.17, 15) is 4.79 Å². The van der Waals surface area contributed by atoms with Gasteiger partial charge in [-0.05, 0) is 42.8 Å². The Balaban J connectivity index is 1.97. The monoisotopic (exact) mass is 384 g/mol. The van der Waals surface area contributed by atoms with Gasteiger partial charge >= 0.3 is 0 Å². The lowest BCUT2D eigenvalue weighted by molar-refractivity contribution is -0.117. The molecule has 0 fully saturated rings. The number of nitrogens with zero attached hydrogens (tertiary/aromatic N) is 2. The van der Waals surface area contributed by atoms with Gasteiger partial charge in [0.05, 0.1) is 29.8 Å². The molecule has 0 saturated heterocycles. The van der Waals surface area contributed by atoms with Crippen molar-refractivity contribution in [3.63, 3.8) is 0 Å². The van der Waals surface area contributed by atoms with Crippen molar-refractivity contribution in [2.24, 2.45) is 4.99 Å². The molecule has 4 nitrogen and oxygen atoms in total. The van der Waals surface area contributed by atoms with Crippen LogP contribution < -0.4 is 9.54 Å². The minimum absolute atomic E-state index is 0.214. The average Bonchev–Trinajstić information content (AvgIpc) is 2.94. The normalized spacial score (nSPS) is 11.5. The number of carbonyl (C=O) groups is 1. The first-order valence-corrected chi connectivity index (χ1v) is 9.32. The minimum Gasteiger partial charge on any atom is -0.494 e. The van der Waals surface area contributed by atoms with Crippen LogP contribution in [0.4, 0.5) is 0 Å². The molecule has 1 heterocycles. The van der Waals surface area contributed by atoms with Crippen molar-refractivity contribution < 1.29 is 9.53 Å². The molecule has 3 rings (SSSR count). The lowest BCUT2D eigenvalue weighted by Crippen LogP contribution is -2.17. The molecule has 132 valence electrons. The van der Waals surface area contributed by atoms with Gasteiger partial charge in [-0.15, -0.1) is 6.42 Å². The summed E-state index contributed by atoms with van der Waals surface area (Å²) in [6.45, 7) is 2.88. The SMILES string of the molecule is C#CCn1c(=NC(=O)Cc2ccc(Cl)cc2)sc2cc(OCC)ccc21. The summed E-state index contributed by atoms with van der Waals surface area (Å²) in [7, 11) is 0. The molecule has 26 heavy (non-hydrogen) atoms. The van der Waals surface area contributed by atoms with E-state index in [2.05, 4.69) is 10.9 Å². The van der Waals surface area contributed by atoms with E-state index in [1.54, 1.807) is 12.1 Å². The summed E-state index contributed by atoms with van der Waals surface area (Å²) < 4.78 is 8.39. The second-order valence-corrected chi connectivity index (χ2v) is 6.99. The Morgan fingerprint density at radius 1 is 1.31 bits per heavy atom. The number of ether oxygens (including phenoxy) is 1. The Morgan fingerprint density at radius 2 is 2.08 bits per heavy atom. The smallest absolute Gasteiger partial charge is 0.252 e. The van der Waals surface area contributed by atoms with E-state index in [-0.39, 0.29) is 12.3 Å².